The number of anilines is 1. The van der Waals surface area contributed by atoms with E-state index in [1.807, 2.05) is 13.8 Å². The zero-order valence-electron chi connectivity index (χ0n) is 8.38. The van der Waals surface area contributed by atoms with Gasteiger partial charge in [0.25, 0.3) is 0 Å². The molecule has 0 aliphatic rings. The fraction of sp³-hybridized carbons (Fsp3) is 0.333. The van der Waals surface area contributed by atoms with Gasteiger partial charge in [-0.3, -0.25) is 0 Å². The summed E-state index contributed by atoms with van der Waals surface area (Å²) >= 11 is 9.34. The van der Waals surface area contributed by atoms with Gasteiger partial charge in [-0.25, -0.2) is 4.39 Å². The number of hydrogen-bond acceptors (Lipinski definition) is 3. The molecule has 2 N–H and O–H groups in total. The van der Waals surface area contributed by atoms with Crippen molar-refractivity contribution in [1.82, 2.24) is 0 Å². The van der Waals surface area contributed by atoms with E-state index in [1.54, 1.807) is 0 Å². The summed E-state index contributed by atoms with van der Waals surface area (Å²) in [4.78, 5) is 0. The molecule has 0 saturated heterocycles. The van der Waals surface area contributed by atoms with Gasteiger partial charge in [-0.2, -0.15) is 0 Å². The number of aliphatic hydroxyl groups is 1. The maximum absolute atomic E-state index is 12.3. The molecule has 0 spiro atoms. The quantitative estimate of drug-likeness (QED) is 0.657. The third kappa shape index (κ3) is 6.07. The van der Waals surface area contributed by atoms with Gasteiger partial charge in [0.2, 0.25) is 0 Å². The van der Waals surface area contributed by atoms with Crippen LogP contribution in [-0.4, -0.2) is 12.2 Å². The Labute approximate surface area is 94.6 Å². The van der Waals surface area contributed by atoms with E-state index in [9.17, 15) is 4.39 Å². The van der Waals surface area contributed by atoms with Gasteiger partial charge in [-0.1, -0.05) is 38.3 Å². The minimum Gasteiger partial charge on any atom is -0.400 e. The number of halogens is 2. The van der Waals surface area contributed by atoms with Crippen molar-refractivity contribution in [1.29, 1.82) is 0 Å². The number of hydrogen-bond donors (Lipinski definition) is 3. The Morgan fingerprint density at radius 3 is 2.21 bits per heavy atom. The summed E-state index contributed by atoms with van der Waals surface area (Å²) in [6.45, 7) is 4.00. The topological polar surface area (TPSA) is 32.3 Å². The second kappa shape index (κ2) is 10.6. The van der Waals surface area contributed by atoms with Crippen LogP contribution in [0.3, 0.4) is 0 Å². The molecule has 0 unspecified atom stereocenters. The molecule has 1 rings (SSSR count). The highest BCUT2D eigenvalue weighted by molar-refractivity contribution is 7.81. The van der Waals surface area contributed by atoms with E-state index in [0.29, 0.717) is 10.7 Å². The summed E-state index contributed by atoms with van der Waals surface area (Å²) < 4.78 is 14.9. The van der Waals surface area contributed by atoms with Crippen molar-refractivity contribution in [2.24, 2.45) is 0 Å². The summed E-state index contributed by atoms with van der Waals surface area (Å²) in [5.74, 6) is -0.350. The van der Waals surface area contributed by atoms with Gasteiger partial charge in [0.15, 0.2) is 0 Å². The summed E-state index contributed by atoms with van der Waals surface area (Å²) in [7, 11) is 1.00. The number of nitrogens with one attached hydrogen (secondary N) is 1. The third-order valence-electron chi connectivity index (χ3n) is 1.05. The molecule has 14 heavy (non-hydrogen) atoms. The van der Waals surface area contributed by atoms with E-state index >= 15 is 0 Å². The normalized spacial score (nSPS) is 7.64. The average Bonchev–Trinajstić information content (AvgIpc) is 2.24. The van der Waals surface area contributed by atoms with Crippen LogP contribution in [0.2, 0.25) is 5.02 Å². The lowest BCUT2D eigenvalue weighted by molar-refractivity contribution is 0.399. The van der Waals surface area contributed by atoms with E-state index in [4.69, 9.17) is 16.7 Å². The zero-order valence-corrected chi connectivity index (χ0v) is 10.0. The molecule has 1 aromatic rings. The first kappa shape index (κ1) is 16.0. The Balaban J connectivity index is 0. The van der Waals surface area contributed by atoms with Crippen LogP contribution >= 0.6 is 24.4 Å². The van der Waals surface area contributed by atoms with E-state index in [2.05, 4.69) is 17.5 Å². The molecule has 2 nitrogen and oxygen atoms in total. The first-order valence-corrected chi connectivity index (χ1v) is 4.86. The molecular weight excluding hydrogens is 225 g/mol. The van der Waals surface area contributed by atoms with Crippen LogP contribution in [0.5, 0.6) is 0 Å². The van der Waals surface area contributed by atoms with Crippen LogP contribution in [0.15, 0.2) is 18.2 Å². The molecule has 1 aromatic carbocycles. The van der Waals surface area contributed by atoms with E-state index in [1.165, 1.54) is 18.2 Å². The summed E-state index contributed by atoms with van der Waals surface area (Å²) in [6.07, 6.45) is 0. The first-order valence-electron chi connectivity index (χ1n) is 4.04. The van der Waals surface area contributed by atoms with Gasteiger partial charge >= 0.3 is 0 Å². The zero-order chi connectivity index (χ0) is 11.6. The van der Waals surface area contributed by atoms with Gasteiger partial charge in [-0.05, 0) is 18.2 Å². The fourth-order valence-corrected chi connectivity index (χ4v) is 1.06. The van der Waals surface area contributed by atoms with Crippen LogP contribution in [0.25, 0.3) is 0 Å². The molecule has 0 saturated carbocycles. The maximum atomic E-state index is 12.3. The second-order valence-corrected chi connectivity index (χ2v) is 2.37. The number of aliphatic hydroxyl groups excluding tert-OH is 1. The van der Waals surface area contributed by atoms with Crippen molar-refractivity contribution < 1.29 is 9.50 Å². The molecule has 0 fully saturated rings. The molecule has 82 valence electrons. The predicted molar refractivity (Wildman–Crippen MR) is 63.5 cm³/mol. The molecule has 0 atom stereocenters. The van der Waals surface area contributed by atoms with E-state index in [0.717, 1.165) is 7.11 Å². The monoisotopic (exact) mass is 239 g/mol. The van der Waals surface area contributed by atoms with Gasteiger partial charge in [0.05, 0.1) is 10.7 Å². The largest absolute Gasteiger partial charge is 0.400 e. The molecule has 0 heterocycles. The highest BCUT2D eigenvalue weighted by atomic mass is 35.5. The first-order chi connectivity index (χ1) is 6.74. The Morgan fingerprint density at radius 1 is 1.36 bits per heavy atom. The smallest absolute Gasteiger partial charge is 0.124 e. The Morgan fingerprint density at radius 2 is 1.86 bits per heavy atom. The molecule has 0 bridgehead atoms. The molecule has 0 amide bonds. The lowest BCUT2D eigenvalue weighted by Gasteiger charge is -1.99. The SMILES string of the molecule is CC.CO.Fc1ccc(NS)c(Cl)c1. The summed E-state index contributed by atoms with van der Waals surface area (Å²) in [5.41, 5.74) is 0.603. The lowest BCUT2D eigenvalue weighted by atomic mass is 10.3. The third-order valence-corrected chi connectivity index (χ3v) is 1.61. The lowest BCUT2D eigenvalue weighted by Crippen LogP contribution is -1.82. The Hall–Kier alpha value is -0.450. The fourth-order valence-electron chi connectivity index (χ4n) is 0.580. The number of thiol groups is 1. The predicted octanol–water partition coefficient (Wildman–Crippen LogP) is 3.37. The Bertz CT molecular complexity index is 248. The van der Waals surface area contributed by atoms with Crippen LogP contribution in [0.4, 0.5) is 10.1 Å². The van der Waals surface area contributed by atoms with E-state index < -0.39 is 0 Å². The molecular formula is C9H15ClFNOS. The van der Waals surface area contributed by atoms with Crippen molar-refractivity contribution in [3.05, 3.63) is 29.0 Å². The van der Waals surface area contributed by atoms with E-state index in [-0.39, 0.29) is 5.82 Å². The number of rotatable bonds is 1. The molecule has 5 heteroatoms. The van der Waals surface area contributed by atoms with Gasteiger partial charge in [0.1, 0.15) is 5.82 Å². The minimum atomic E-state index is -0.350. The summed E-state index contributed by atoms with van der Waals surface area (Å²) in [6, 6.07) is 4.05. The van der Waals surface area contributed by atoms with Crippen molar-refractivity contribution in [3.63, 3.8) is 0 Å². The highest BCUT2D eigenvalue weighted by Gasteiger charge is 1.97. The second-order valence-electron chi connectivity index (χ2n) is 1.74. The van der Waals surface area contributed by atoms with Gasteiger partial charge in [0, 0.05) is 7.11 Å². The van der Waals surface area contributed by atoms with Crippen molar-refractivity contribution in [3.8, 4) is 0 Å². The minimum absolute atomic E-state index is 0.329. The maximum Gasteiger partial charge on any atom is 0.124 e. The average molecular weight is 240 g/mol. The molecule has 0 radical (unpaired) electrons. The van der Waals surface area contributed by atoms with Gasteiger partial charge < -0.3 is 9.83 Å². The van der Waals surface area contributed by atoms with Crippen molar-refractivity contribution in [2.45, 2.75) is 13.8 Å². The van der Waals surface area contributed by atoms with Crippen LogP contribution in [-0.2, 0) is 0 Å². The van der Waals surface area contributed by atoms with Crippen molar-refractivity contribution in [2.75, 3.05) is 11.8 Å². The molecule has 0 aromatic heterocycles. The van der Waals surface area contributed by atoms with Gasteiger partial charge in [-0.15, -0.1) is 0 Å². The highest BCUT2D eigenvalue weighted by Crippen LogP contribution is 2.22. The summed E-state index contributed by atoms with van der Waals surface area (Å²) in [5, 5.41) is 7.33. The number of benzene rings is 1. The standard InChI is InChI=1S/C6H5ClFNS.C2H6.CH4O/c7-5-3-4(8)1-2-6(5)9-10;2*1-2/h1-3,9-10H;1-2H3;2H,1H3. The van der Waals surface area contributed by atoms with Crippen LogP contribution < -0.4 is 4.72 Å². The Kier molecular flexibility index (Phi) is 12.1. The van der Waals surface area contributed by atoms with Crippen LogP contribution in [0, 0.1) is 5.82 Å². The van der Waals surface area contributed by atoms with Crippen LogP contribution in [0.1, 0.15) is 13.8 Å². The molecule has 0 aliphatic heterocycles. The molecule has 0 aliphatic carbocycles. The van der Waals surface area contributed by atoms with Crippen molar-refractivity contribution >= 4 is 30.1 Å².